The van der Waals surface area contributed by atoms with Gasteiger partial charge in [-0.2, -0.15) is 11.8 Å². The molecule has 1 aliphatic carbocycles. The minimum Gasteiger partial charge on any atom is -0.493 e. The van der Waals surface area contributed by atoms with Crippen molar-refractivity contribution in [1.82, 2.24) is 14.9 Å². The van der Waals surface area contributed by atoms with Gasteiger partial charge in [-0.05, 0) is 63.9 Å². The lowest BCUT2D eigenvalue weighted by Crippen LogP contribution is -2.31. The topological polar surface area (TPSA) is 58.2 Å². The molecule has 0 amide bonds. The maximum atomic E-state index is 12.3. The fourth-order valence-corrected chi connectivity index (χ4v) is 4.25. The van der Waals surface area contributed by atoms with Crippen molar-refractivity contribution >= 4 is 22.7 Å². The number of ether oxygens (including phenoxy) is 1. The quantitative estimate of drug-likeness (QED) is 0.859. The lowest BCUT2D eigenvalue weighted by atomic mass is 10.1. The van der Waals surface area contributed by atoms with Gasteiger partial charge < -0.3 is 14.6 Å². The van der Waals surface area contributed by atoms with Gasteiger partial charge in [0.05, 0.1) is 23.3 Å². The lowest BCUT2D eigenvalue weighted by Gasteiger charge is -2.28. The number of hydrogen-bond acceptors (Lipinski definition) is 5. The van der Waals surface area contributed by atoms with Gasteiger partial charge in [-0.15, -0.1) is 0 Å². The van der Waals surface area contributed by atoms with E-state index in [9.17, 15) is 4.79 Å². The third-order valence-electron chi connectivity index (χ3n) is 5.03. The van der Waals surface area contributed by atoms with Crippen LogP contribution in [0.5, 0.6) is 5.75 Å². The molecular weight excluding hydrogens is 334 g/mol. The van der Waals surface area contributed by atoms with Crippen LogP contribution in [-0.2, 0) is 5.75 Å². The Hall–Kier alpha value is -1.53. The van der Waals surface area contributed by atoms with Crippen molar-refractivity contribution in [1.29, 1.82) is 0 Å². The molecule has 0 radical (unpaired) electrons. The van der Waals surface area contributed by atoms with E-state index in [-0.39, 0.29) is 5.56 Å². The number of rotatable bonds is 6. The molecule has 2 fully saturated rings. The minimum atomic E-state index is -0.0577. The molecule has 2 heterocycles. The van der Waals surface area contributed by atoms with E-state index in [1.807, 2.05) is 30.0 Å². The second-order valence-corrected chi connectivity index (χ2v) is 8.55. The highest BCUT2D eigenvalue weighted by molar-refractivity contribution is 7.99. The highest BCUT2D eigenvalue weighted by Gasteiger charge is 2.22. The zero-order chi connectivity index (χ0) is 17.2. The van der Waals surface area contributed by atoms with Crippen LogP contribution in [0.25, 0.3) is 10.9 Å². The maximum Gasteiger partial charge on any atom is 0.258 e. The van der Waals surface area contributed by atoms with Crippen LogP contribution in [-0.4, -0.2) is 46.9 Å². The highest BCUT2D eigenvalue weighted by Crippen LogP contribution is 2.30. The molecule has 25 heavy (non-hydrogen) atoms. The molecule has 1 N–H and O–H groups in total. The number of nitrogens with zero attached hydrogens (tertiary/aromatic N) is 2. The van der Waals surface area contributed by atoms with Crippen molar-refractivity contribution in [3.63, 3.8) is 0 Å². The summed E-state index contributed by atoms with van der Waals surface area (Å²) in [5.74, 6) is 3.05. The predicted molar refractivity (Wildman–Crippen MR) is 102 cm³/mol. The Morgan fingerprint density at radius 1 is 1.28 bits per heavy atom. The molecular formula is C19H25N3O2S. The van der Waals surface area contributed by atoms with Gasteiger partial charge in [0.25, 0.3) is 5.56 Å². The molecule has 0 atom stereocenters. The predicted octanol–water partition coefficient (Wildman–Crippen LogP) is 3.04. The molecule has 1 aromatic carbocycles. The molecule has 1 aliphatic heterocycles. The van der Waals surface area contributed by atoms with Crippen LogP contribution in [0.4, 0.5) is 0 Å². The second kappa shape index (κ2) is 7.38. The van der Waals surface area contributed by atoms with Gasteiger partial charge >= 0.3 is 0 Å². The molecule has 134 valence electrons. The zero-order valence-corrected chi connectivity index (χ0v) is 15.5. The van der Waals surface area contributed by atoms with Crippen molar-refractivity contribution in [3.8, 4) is 5.75 Å². The number of nitrogens with one attached hydrogen (secondary N) is 1. The Bertz CT molecular complexity index is 795. The number of hydrogen-bond donors (Lipinski definition) is 1. The van der Waals surface area contributed by atoms with Gasteiger partial charge in [0.2, 0.25) is 0 Å². The van der Waals surface area contributed by atoms with Gasteiger partial charge in [0.1, 0.15) is 11.6 Å². The number of thioether (sulfide) groups is 1. The van der Waals surface area contributed by atoms with E-state index in [1.54, 1.807) is 0 Å². The minimum absolute atomic E-state index is 0.0577. The Kier molecular flexibility index (Phi) is 4.99. The maximum absolute atomic E-state index is 12.3. The summed E-state index contributed by atoms with van der Waals surface area (Å²) in [5, 5.41) is 1.29. The summed E-state index contributed by atoms with van der Waals surface area (Å²) in [6.07, 6.45) is 4.95. The van der Waals surface area contributed by atoms with E-state index in [0.717, 1.165) is 42.5 Å². The summed E-state index contributed by atoms with van der Waals surface area (Å²) in [4.78, 5) is 22.3. The first-order valence-electron chi connectivity index (χ1n) is 9.13. The molecule has 1 saturated carbocycles. The van der Waals surface area contributed by atoms with Crippen LogP contribution in [0.1, 0.15) is 31.5 Å². The van der Waals surface area contributed by atoms with E-state index in [4.69, 9.17) is 4.74 Å². The molecule has 1 saturated heterocycles. The fraction of sp³-hybridized carbons (Fsp3) is 0.579. The number of aromatic amines is 1. The zero-order valence-electron chi connectivity index (χ0n) is 14.7. The van der Waals surface area contributed by atoms with Crippen molar-refractivity contribution in [3.05, 3.63) is 34.4 Å². The van der Waals surface area contributed by atoms with Gasteiger partial charge in [-0.1, -0.05) is 0 Å². The fourth-order valence-electron chi connectivity index (χ4n) is 3.17. The smallest absolute Gasteiger partial charge is 0.258 e. The van der Waals surface area contributed by atoms with E-state index < -0.39 is 0 Å². The van der Waals surface area contributed by atoms with Gasteiger partial charge in [-0.3, -0.25) is 4.79 Å². The molecule has 6 heteroatoms. The van der Waals surface area contributed by atoms with Crippen LogP contribution in [0.3, 0.4) is 0 Å². The van der Waals surface area contributed by atoms with Crippen LogP contribution in [0, 0.1) is 5.92 Å². The Balaban J connectivity index is 1.45. The average molecular weight is 359 g/mol. The van der Waals surface area contributed by atoms with Crippen LogP contribution in [0.2, 0.25) is 0 Å². The molecule has 0 bridgehead atoms. The van der Waals surface area contributed by atoms with Crippen molar-refractivity contribution < 1.29 is 4.74 Å². The Labute approximate surface area is 152 Å². The standard InChI is InChI=1S/C19H25N3O2S/c1-22-8-6-15(7-9-22)25-12-18-20-17-10-14(24-11-13-2-3-13)4-5-16(17)19(23)21-18/h4-5,10,13,15H,2-3,6-9,11-12H2,1H3,(H,20,21,23). The monoisotopic (exact) mass is 359 g/mol. The summed E-state index contributed by atoms with van der Waals surface area (Å²) in [6, 6.07) is 5.59. The Morgan fingerprint density at radius 2 is 2.08 bits per heavy atom. The first-order valence-corrected chi connectivity index (χ1v) is 10.2. The van der Waals surface area contributed by atoms with Crippen LogP contribution < -0.4 is 10.3 Å². The molecule has 2 aliphatic rings. The summed E-state index contributed by atoms with van der Waals surface area (Å²) >= 11 is 1.91. The van der Waals surface area contributed by atoms with Gasteiger partial charge in [0, 0.05) is 11.3 Å². The molecule has 4 rings (SSSR count). The SMILES string of the molecule is CN1CCC(SCc2nc3cc(OCC4CC4)ccc3c(=O)[nH]2)CC1. The Morgan fingerprint density at radius 3 is 2.84 bits per heavy atom. The number of benzene rings is 1. The van der Waals surface area contributed by atoms with Crippen LogP contribution >= 0.6 is 11.8 Å². The molecule has 5 nitrogen and oxygen atoms in total. The number of likely N-dealkylation sites (tertiary alicyclic amines) is 1. The van der Waals surface area contributed by atoms with Crippen molar-refractivity contribution in [2.45, 2.75) is 36.7 Å². The largest absolute Gasteiger partial charge is 0.493 e. The third-order valence-corrected chi connectivity index (χ3v) is 6.41. The number of aromatic nitrogens is 2. The summed E-state index contributed by atoms with van der Waals surface area (Å²) in [5.41, 5.74) is 0.675. The van der Waals surface area contributed by atoms with E-state index >= 15 is 0 Å². The number of piperidine rings is 1. The molecule has 0 spiro atoms. The summed E-state index contributed by atoms with van der Waals surface area (Å²) in [7, 11) is 2.17. The second-order valence-electron chi connectivity index (χ2n) is 7.26. The first-order chi connectivity index (χ1) is 12.2. The normalized spacial score (nSPS) is 19.4. The average Bonchev–Trinajstić information content (AvgIpc) is 3.44. The van der Waals surface area contributed by atoms with Crippen molar-refractivity contribution in [2.24, 2.45) is 5.92 Å². The highest BCUT2D eigenvalue weighted by atomic mass is 32.2. The summed E-state index contributed by atoms with van der Waals surface area (Å²) < 4.78 is 5.82. The van der Waals surface area contributed by atoms with E-state index in [2.05, 4.69) is 21.9 Å². The van der Waals surface area contributed by atoms with Crippen molar-refractivity contribution in [2.75, 3.05) is 26.7 Å². The van der Waals surface area contributed by atoms with Gasteiger partial charge in [0.15, 0.2) is 0 Å². The van der Waals surface area contributed by atoms with Crippen LogP contribution in [0.15, 0.2) is 23.0 Å². The van der Waals surface area contributed by atoms with E-state index in [1.165, 1.54) is 25.7 Å². The molecule has 1 aromatic heterocycles. The number of fused-ring (bicyclic) bond motifs is 1. The number of H-pyrrole nitrogens is 1. The molecule has 2 aromatic rings. The van der Waals surface area contributed by atoms with E-state index in [0.29, 0.717) is 16.6 Å². The lowest BCUT2D eigenvalue weighted by molar-refractivity contribution is 0.282. The third kappa shape index (κ3) is 4.36. The first kappa shape index (κ1) is 16.9. The van der Waals surface area contributed by atoms with Gasteiger partial charge in [-0.25, -0.2) is 4.98 Å². The molecule has 0 unspecified atom stereocenters. The summed E-state index contributed by atoms with van der Waals surface area (Å²) in [6.45, 7) is 3.08.